The lowest BCUT2D eigenvalue weighted by molar-refractivity contribution is 0.194. The molecule has 0 spiro atoms. The van der Waals surface area contributed by atoms with E-state index in [2.05, 4.69) is 25.7 Å². The number of ether oxygens (including phenoxy) is 1. The monoisotopic (exact) mass is 237 g/mol. The average molecular weight is 238 g/mol. The highest BCUT2D eigenvalue weighted by Gasteiger charge is 2.17. The zero-order chi connectivity index (χ0) is 17.3. The van der Waals surface area contributed by atoms with Gasteiger partial charge in [0.2, 0.25) is 0 Å². The first-order valence-corrected chi connectivity index (χ1v) is 3.84. The van der Waals surface area contributed by atoms with Gasteiger partial charge in [-0.25, -0.2) is 4.98 Å². The van der Waals surface area contributed by atoms with Crippen molar-refractivity contribution < 1.29 is 18.4 Å². The molecular formula is C9H10BrNO. The fourth-order valence-corrected chi connectivity index (χ4v) is 0.999. The van der Waals surface area contributed by atoms with Gasteiger partial charge in [0.1, 0.15) is 4.60 Å². The highest BCUT2D eigenvalue weighted by atomic mass is 79.9. The SMILES string of the molecule is [2H]c1nc(Br)c([2H])c(C2([2H])C([2H])([2H])OC([2H])([2H])C2([2H])[2H])c1[2H]. The first-order valence-electron chi connectivity index (χ1n) is 8.04. The van der Waals surface area contributed by atoms with Gasteiger partial charge in [-0.2, -0.15) is 0 Å². The fraction of sp³-hybridized carbons (Fsp3) is 0.444. The molecule has 1 saturated heterocycles. The Morgan fingerprint density at radius 2 is 2.83 bits per heavy atom. The van der Waals surface area contributed by atoms with Gasteiger partial charge >= 0.3 is 0 Å². The average Bonchev–Trinajstić information content (AvgIpc) is 2.43. The molecule has 1 aliphatic rings. The van der Waals surface area contributed by atoms with Gasteiger partial charge in [-0.15, -0.1) is 0 Å². The molecule has 0 aliphatic carbocycles. The fourth-order valence-electron chi connectivity index (χ4n) is 0.712. The van der Waals surface area contributed by atoms with Crippen LogP contribution in [0.2, 0.25) is 0 Å². The normalized spacial score (nSPS) is 53.8. The Balaban J connectivity index is 2.91. The topological polar surface area (TPSA) is 22.1 Å². The largest absolute Gasteiger partial charge is 0.381 e. The van der Waals surface area contributed by atoms with Crippen LogP contribution < -0.4 is 0 Å². The van der Waals surface area contributed by atoms with Crippen molar-refractivity contribution in [3.05, 3.63) is 28.4 Å². The summed E-state index contributed by atoms with van der Waals surface area (Å²) in [5.74, 6) is -3.07. The van der Waals surface area contributed by atoms with Crippen LogP contribution in [0.5, 0.6) is 0 Å². The Bertz CT molecular complexity index is 624. The predicted molar refractivity (Wildman–Crippen MR) is 50.1 cm³/mol. The van der Waals surface area contributed by atoms with Gasteiger partial charge in [-0.05, 0) is 40.0 Å². The van der Waals surface area contributed by atoms with E-state index in [0.29, 0.717) is 0 Å². The molecule has 2 rings (SSSR count). The Morgan fingerprint density at radius 3 is 3.58 bits per heavy atom. The van der Waals surface area contributed by atoms with Crippen molar-refractivity contribution in [2.75, 3.05) is 13.1 Å². The molecule has 1 unspecified atom stereocenters. The quantitative estimate of drug-likeness (QED) is 0.700. The van der Waals surface area contributed by atoms with E-state index in [1.165, 1.54) is 0 Å². The molecule has 64 valence electrons. The van der Waals surface area contributed by atoms with E-state index in [9.17, 15) is 0 Å². The van der Waals surface area contributed by atoms with Crippen molar-refractivity contribution in [2.24, 2.45) is 0 Å². The Morgan fingerprint density at radius 1 is 1.92 bits per heavy atom. The Hall–Kier alpha value is -0.410. The summed E-state index contributed by atoms with van der Waals surface area (Å²) in [6, 6.07) is -1.48. The molecule has 2 heterocycles. The van der Waals surface area contributed by atoms with Crippen LogP contribution in [-0.2, 0) is 4.74 Å². The number of rotatable bonds is 1. The van der Waals surface area contributed by atoms with Gasteiger partial charge < -0.3 is 4.74 Å². The van der Waals surface area contributed by atoms with E-state index in [0.717, 1.165) is 0 Å². The number of hydrogen-bond acceptors (Lipinski definition) is 2. The second-order valence-electron chi connectivity index (χ2n) is 1.95. The van der Waals surface area contributed by atoms with Crippen LogP contribution in [-0.4, -0.2) is 18.1 Å². The summed E-state index contributed by atoms with van der Waals surface area (Å²) >= 11 is 2.84. The molecule has 0 bridgehead atoms. The van der Waals surface area contributed by atoms with Gasteiger partial charge in [-0.3, -0.25) is 0 Å². The van der Waals surface area contributed by atoms with Gasteiger partial charge in [0.15, 0.2) is 0 Å². The van der Waals surface area contributed by atoms with Crippen molar-refractivity contribution in [2.45, 2.75) is 12.3 Å². The highest BCUT2D eigenvalue weighted by molar-refractivity contribution is 9.10. The minimum Gasteiger partial charge on any atom is -0.381 e. The Kier molecular flexibility index (Phi) is 0.751. The van der Waals surface area contributed by atoms with Crippen molar-refractivity contribution in [1.82, 2.24) is 4.98 Å². The molecule has 1 aromatic heterocycles. The number of pyridine rings is 1. The van der Waals surface area contributed by atoms with Crippen molar-refractivity contribution in [3.8, 4) is 0 Å². The summed E-state index contributed by atoms with van der Waals surface area (Å²) in [6.07, 6.45) is -3.91. The molecule has 1 aliphatic heterocycles. The number of hydrogen-bond donors (Lipinski definition) is 0. The van der Waals surface area contributed by atoms with E-state index >= 15 is 0 Å². The molecule has 12 heavy (non-hydrogen) atoms. The molecule has 3 heteroatoms. The molecule has 1 fully saturated rings. The molecule has 0 saturated carbocycles. The van der Waals surface area contributed by atoms with Crippen LogP contribution in [0.3, 0.4) is 0 Å². The van der Waals surface area contributed by atoms with E-state index in [1.54, 1.807) is 0 Å². The third-order valence-corrected chi connectivity index (χ3v) is 1.57. The summed E-state index contributed by atoms with van der Waals surface area (Å²) in [6.45, 7) is -6.33. The maximum absolute atomic E-state index is 8.27. The van der Waals surface area contributed by atoms with Crippen LogP contribution in [0.4, 0.5) is 0 Å². The number of aromatic nitrogens is 1. The molecule has 1 aromatic rings. The van der Waals surface area contributed by atoms with E-state index in [4.69, 9.17) is 13.7 Å². The summed E-state index contributed by atoms with van der Waals surface area (Å²) in [5, 5.41) is 0. The van der Waals surface area contributed by atoms with E-state index in [-0.39, 0.29) is 4.60 Å². The maximum Gasteiger partial charge on any atom is 0.106 e. The van der Waals surface area contributed by atoms with E-state index in [1.807, 2.05) is 0 Å². The van der Waals surface area contributed by atoms with Crippen molar-refractivity contribution in [1.29, 1.82) is 0 Å². The molecule has 1 atom stereocenters. The second-order valence-corrected chi connectivity index (χ2v) is 2.70. The smallest absolute Gasteiger partial charge is 0.106 e. The number of halogens is 1. The third kappa shape index (κ3) is 1.67. The summed E-state index contributed by atoms with van der Waals surface area (Å²) in [4.78, 5) is 3.51. The van der Waals surface area contributed by atoms with Crippen LogP contribution in [0.15, 0.2) is 22.9 Å². The number of nitrogens with zero attached hydrogens (tertiary/aromatic N) is 1. The lowest BCUT2D eigenvalue weighted by Gasteiger charge is -2.06. The minimum absolute atomic E-state index is 0.269. The lowest BCUT2D eigenvalue weighted by Crippen LogP contribution is -1.97. The zero-order valence-corrected chi connectivity index (χ0v) is 7.32. The van der Waals surface area contributed by atoms with Crippen molar-refractivity contribution >= 4 is 15.9 Å². The molecule has 0 N–H and O–H groups in total. The minimum atomic E-state index is -3.22. The molecule has 2 nitrogen and oxygen atoms in total. The van der Waals surface area contributed by atoms with Gasteiger partial charge in [0.05, 0.1) is 16.2 Å². The van der Waals surface area contributed by atoms with Gasteiger partial charge in [0.25, 0.3) is 0 Å². The predicted octanol–water partition coefficient (Wildman–Crippen LogP) is 2.35. The Labute approximate surface area is 94.1 Å². The second kappa shape index (κ2) is 3.54. The van der Waals surface area contributed by atoms with Gasteiger partial charge in [0, 0.05) is 22.7 Å². The van der Waals surface area contributed by atoms with E-state index < -0.39 is 49.2 Å². The zero-order valence-electron chi connectivity index (χ0n) is 15.7. The lowest BCUT2D eigenvalue weighted by atomic mass is 10.0. The third-order valence-electron chi connectivity index (χ3n) is 1.19. The molecule has 0 radical (unpaired) electrons. The first-order chi connectivity index (χ1) is 9.71. The molecular weight excluding hydrogens is 218 g/mol. The van der Waals surface area contributed by atoms with Crippen molar-refractivity contribution in [3.63, 3.8) is 0 Å². The standard InChI is InChI=1S/C9H10BrNO/c10-9-5-7(1-3-11-9)8-2-4-12-6-8/h1,3,5,8H,2,4,6H2/i1D,2D2,3D,4D2,5D,6D2,8D. The highest BCUT2D eigenvalue weighted by Crippen LogP contribution is 2.25. The van der Waals surface area contributed by atoms with Crippen LogP contribution in [0, 0.1) is 0 Å². The first kappa shape index (κ1) is 2.55. The molecule has 0 aromatic carbocycles. The summed E-state index contributed by atoms with van der Waals surface area (Å²) in [5.41, 5.74) is -0.796. The summed E-state index contributed by atoms with van der Waals surface area (Å²) < 4.78 is 81.8. The molecule has 0 amide bonds. The summed E-state index contributed by atoms with van der Waals surface area (Å²) in [7, 11) is 0. The van der Waals surface area contributed by atoms with Crippen LogP contribution >= 0.6 is 15.9 Å². The maximum atomic E-state index is 8.27. The van der Waals surface area contributed by atoms with Gasteiger partial charge in [-0.1, -0.05) is 0 Å². The van der Waals surface area contributed by atoms with Crippen LogP contribution in [0.25, 0.3) is 0 Å². The van der Waals surface area contributed by atoms with Crippen LogP contribution in [0.1, 0.15) is 31.5 Å².